The Hall–Kier alpha value is -3.12. The van der Waals surface area contributed by atoms with Crippen LogP contribution in [-0.4, -0.2) is 35.8 Å². The first-order valence-electron chi connectivity index (χ1n) is 10.2. The Bertz CT molecular complexity index is 924. The van der Waals surface area contributed by atoms with Gasteiger partial charge in [-0.25, -0.2) is 4.98 Å². The van der Waals surface area contributed by atoms with Crippen molar-refractivity contribution in [3.8, 4) is 5.75 Å². The molecule has 1 aromatic heterocycles. The molecular formula is C24H29N3O3. The van der Waals surface area contributed by atoms with Crippen molar-refractivity contribution in [3.63, 3.8) is 0 Å². The number of carbonyl (C=O) groups excluding carboxylic acids is 1. The van der Waals surface area contributed by atoms with Gasteiger partial charge in [0.2, 0.25) is 5.91 Å². The van der Waals surface area contributed by atoms with Gasteiger partial charge < -0.3 is 19.4 Å². The maximum absolute atomic E-state index is 12.6. The first-order chi connectivity index (χ1) is 14.7. The molecule has 1 unspecified atom stereocenters. The summed E-state index contributed by atoms with van der Waals surface area (Å²) in [5.41, 5.74) is 2.13. The Morgan fingerprint density at radius 2 is 1.87 bits per heavy atom. The summed E-state index contributed by atoms with van der Waals surface area (Å²) >= 11 is 0. The number of nitrogens with zero attached hydrogens (tertiary/aromatic N) is 2. The van der Waals surface area contributed by atoms with Crippen molar-refractivity contribution < 1.29 is 14.3 Å². The summed E-state index contributed by atoms with van der Waals surface area (Å²) in [6.45, 7) is 1.21. The van der Waals surface area contributed by atoms with Gasteiger partial charge >= 0.3 is 0 Å². The molecule has 0 saturated carbocycles. The molecule has 0 spiro atoms. The monoisotopic (exact) mass is 407 g/mol. The van der Waals surface area contributed by atoms with Crippen LogP contribution in [0.4, 0.5) is 0 Å². The molecule has 0 bridgehead atoms. The van der Waals surface area contributed by atoms with Gasteiger partial charge in [0.05, 0.1) is 13.7 Å². The minimum atomic E-state index is -0.382. The maximum atomic E-state index is 12.6. The zero-order valence-corrected chi connectivity index (χ0v) is 17.6. The Balaban J connectivity index is 1.52. The lowest BCUT2D eigenvalue weighted by Gasteiger charge is -2.21. The van der Waals surface area contributed by atoms with Gasteiger partial charge in [0.25, 0.3) is 0 Å². The van der Waals surface area contributed by atoms with Crippen LogP contribution in [-0.2, 0) is 23.0 Å². The highest BCUT2D eigenvalue weighted by molar-refractivity contribution is 5.77. The second kappa shape index (κ2) is 11.2. The number of methoxy groups -OCH3 is 1. The van der Waals surface area contributed by atoms with Crippen LogP contribution in [0.2, 0.25) is 0 Å². The predicted octanol–water partition coefficient (Wildman–Crippen LogP) is 3.67. The van der Waals surface area contributed by atoms with E-state index in [4.69, 9.17) is 9.47 Å². The fourth-order valence-electron chi connectivity index (χ4n) is 3.35. The number of carbonyl (C=O) groups is 1. The second-order valence-corrected chi connectivity index (χ2v) is 7.09. The molecule has 6 nitrogen and oxygen atoms in total. The molecule has 0 aliphatic heterocycles. The molecule has 0 aliphatic carbocycles. The summed E-state index contributed by atoms with van der Waals surface area (Å²) in [4.78, 5) is 17.1. The SMILES string of the molecule is COc1ccccc1C(NC(=O)CCCOCCc1ccccc1)c1nccn1C. The number of aryl methyl sites for hydroxylation is 1. The van der Waals surface area contributed by atoms with Gasteiger partial charge in [0.1, 0.15) is 17.6 Å². The van der Waals surface area contributed by atoms with E-state index in [-0.39, 0.29) is 11.9 Å². The molecule has 3 rings (SSSR count). The summed E-state index contributed by atoms with van der Waals surface area (Å²) in [5, 5.41) is 3.11. The molecule has 0 fully saturated rings. The molecule has 0 aliphatic rings. The van der Waals surface area contributed by atoms with Gasteiger partial charge in [-0.05, 0) is 24.5 Å². The molecular weight excluding hydrogens is 378 g/mol. The molecule has 2 aromatic carbocycles. The number of benzene rings is 2. The van der Waals surface area contributed by atoms with Crippen LogP contribution in [0, 0.1) is 0 Å². The van der Waals surface area contributed by atoms with Gasteiger partial charge in [-0.15, -0.1) is 0 Å². The number of rotatable bonds is 11. The number of nitrogens with one attached hydrogen (secondary N) is 1. The summed E-state index contributed by atoms with van der Waals surface area (Å²) in [6, 6.07) is 17.5. The van der Waals surface area contributed by atoms with Crippen LogP contribution in [0.5, 0.6) is 5.75 Å². The molecule has 6 heteroatoms. The van der Waals surface area contributed by atoms with E-state index < -0.39 is 0 Å². The maximum Gasteiger partial charge on any atom is 0.220 e. The molecule has 1 amide bonds. The topological polar surface area (TPSA) is 65.4 Å². The van der Waals surface area contributed by atoms with E-state index in [1.807, 2.05) is 60.3 Å². The Morgan fingerprint density at radius 3 is 2.60 bits per heavy atom. The molecule has 30 heavy (non-hydrogen) atoms. The molecule has 1 atom stereocenters. The second-order valence-electron chi connectivity index (χ2n) is 7.09. The van der Waals surface area contributed by atoms with E-state index in [1.165, 1.54) is 5.56 Å². The van der Waals surface area contributed by atoms with Crippen molar-refractivity contribution in [3.05, 3.63) is 83.9 Å². The fourth-order valence-corrected chi connectivity index (χ4v) is 3.35. The van der Waals surface area contributed by atoms with Gasteiger partial charge in [0.15, 0.2) is 0 Å². The highest BCUT2D eigenvalue weighted by Gasteiger charge is 2.23. The predicted molar refractivity (Wildman–Crippen MR) is 116 cm³/mol. The first kappa shape index (κ1) is 21.6. The van der Waals surface area contributed by atoms with Crippen LogP contribution in [0.15, 0.2) is 67.0 Å². The minimum absolute atomic E-state index is 0.0411. The lowest BCUT2D eigenvalue weighted by atomic mass is 10.0. The van der Waals surface area contributed by atoms with E-state index in [2.05, 4.69) is 22.4 Å². The first-order valence-corrected chi connectivity index (χ1v) is 10.2. The van der Waals surface area contributed by atoms with Gasteiger partial charge in [-0.1, -0.05) is 48.5 Å². The number of aromatic nitrogens is 2. The van der Waals surface area contributed by atoms with Crippen LogP contribution in [0.1, 0.15) is 35.8 Å². The third kappa shape index (κ3) is 5.94. The normalized spacial score (nSPS) is 11.8. The van der Waals surface area contributed by atoms with Crippen LogP contribution >= 0.6 is 0 Å². The van der Waals surface area contributed by atoms with Crippen molar-refractivity contribution >= 4 is 5.91 Å². The van der Waals surface area contributed by atoms with Crippen molar-refractivity contribution in [2.45, 2.75) is 25.3 Å². The number of hydrogen-bond donors (Lipinski definition) is 1. The number of amides is 1. The van der Waals surface area contributed by atoms with Crippen molar-refractivity contribution in [2.75, 3.05) is 20.3 Å². The van der Waals surface area contributed by atoms with E-state index in [0.717, 1.165) is 23.6 Å². The number of para-hydroxylation sites is 1. The number of imidazole rings is 1. The molecule has 1 heterocycles. The summed E-state index contributed by atoms with van der Waals surface area (Å²) < 4.78 is 13.1. The van der Waals surface area contributed by atoms with Crippen LogP contribution in [0.3, 0.4) is 0 Å². The molecule has 0 radical (unpaired) electrons. The average molecular weight is 408 g/mol. The molecule has 1 N–H and O–H groups in total. The highest BCUT2D eigenvalue weighted by Crippen LogP contribution is 2.29. The minimum Gasteiger partial charge on any atom is -0.496 e. The zero-order chi connectivity index (χ0) is 21.2. The number of ether oxygens (including phenoxy) is 2. The molecule has 0 saturated heterocycles. The Morgan fingerprint density at radius 1 is 1.10 bits per heavy atom. The standard InChI is InChI=1S/C24H29N3O3/c1-27-16-15-25-24(27)23(20-11-6-7-12-21(20)29-2)26-22(28)13-8-17-30-18-14-19-9-4-3-5-10-19/h3-7,9-12,15-16,23H,8,13-14,17-18H2,1-2H3,(H,26,28). The van der Waals surface area contributed by atoms with E-state index in [9.17, 15) is 4.79 Å². The van der Waals surface area contributed by atoms with Crippen molar-refractivity contribution in [1.29, 1.82) is 0 Å². The third-order valence-electron chi connectivity index (χ3n) is 4.94. The third-order valence-corrected chi connectivity index (χ3v) is 4.94. The lowest BCUT2D eigenvalue weighted by Crippen LogP contribution is -2.31. The van der Waals surface area contributed by atoms with E-state index >= 15 is 0 Å². The number of hydrogen-bond acceptors (Lipinski definition) is 4. The summed E-state index contributed by atoms with van der Waals surface area (Å²) in [5.74, 6) is 1.43. The van der Waals surface area contributed by atoms with Gasteiger partial charge in [-0.2, -0.15) is 0 Å². The van der Waals surface area contributed by atoms with Crippen LogP contribution in [0.25, 0.3) is 0 Å². The molecule has 3 aromatic rings. The Labute approximate surface area is 177 Å². The fraction of sp³-hybridized carbons (Fsp3) is 0.333. The average Bonchev–Trinajstić information content (AvgIpc) is 3.20. The zero-order valence-electron chi connectivity index (χ0n) is 17.6. The smallest absolute Gasteiger partial charge is 0.220 e. The summed E-state index contributed by atoms with van der Waals surface area (Å²) in [7, 11) is 3.54. The van der Waals surface area contributed by atoms with Crippen LogP contribution < -0.4 is 10.1 Å². The summed E-state index contributed by atoms with van der Waals surface area (Å²) in [6.07, 6.45) is 5.53. The van der Waals surface area contributed by atoms with Gasteiger partial charge in [0, 0.05) is 38.0 Å². The van der Waals surface area contributed by atoms with E-state index in [0.29, 0.717) is 26.1 Å². The molecule has 158 valence electrons. The highest BCUT2D eigenvalue weighted by atomic mass is 16.5. The van der Waals surface area contributed by atoms with E-state index in [1.54, 1.807) is 13.3 Å². The largest absolute Gasteiger partial charge is 0.496 e. The lowest BCUT2D eigenvalue weighted by molar-refractivity contribution is -0.122. The van der Waals surface area contributed by atoms with Crippen molar-refractivity contribution in [1.82, 2.24) is 14.9 Å². The Kier molecular flexibility index (Phi) is 8.03. The van der Waals surface area contributed by atoms with Crippen molar-refractivity contribution in [2.24, 2.45) is 7.05 Å². The van der Waals surface area contributed by atoms with Gasteiger partial charge in [-0.3, -0.25) is 4.79 Å². The quantitative estimate of drug-likeness (QED) is 0.493.